The number of hydrogen-bond acceptors (Lipinski definition) is 2. The molecule has 2 heteroatoms. The van der Waals surface area contributed by atoms with Crippen molar-refractivity contribution in [3.8, 4) is 5.75 Å². The van der Waals surface area contributed by atoms with Crippen molar-refractivity contribution in [2.75, 3.05) is 7.11 Å². The van der Waals surface area contributed by atoms with Crippen LogP contribution in [0.25, 0.3) is 12.2 Å². The number of rotatable bonds is 6. The van der Waals surface area contributed by atoms with Crippen molar-refractivity contribution in [3.05, 3.63) is 90.0 Å². The van der Waals surface area contributed by atoms with Crippen LogP contribution in [-0.4, -0.2) is 12.9 Å². The smallest absolute Gasteiger partial charge is 0.178 e. The number of allylic oxidation sites excluding steroid dienone is 4. The van der Waals surface area contributed by atoms with Gasteiger partial charge >= 0.3 is 0 Å². The van der Waals surface area contributed by atoms with Crippen LogP contribution in [0.1, 0.15) is 11.1 Å². The van der Waals surface area contributed by atoms with Crippen molar-refractivity contribution < 1.29 is 9.53 Å². The van der Waals surface area contributed by atoms with Gasteiger partial charge in [-0.3, -0.25) is 4.79 Å². The van der Waals surface area contributed by atoms with E-state index in [1.807, 2.05) is 66.7 Å². The first-order chi connectivity index (χ1) is 10.8. The molecule has 0 saturated heterocycles. The predicted octanol–water partition coefficient (Wildman–Crippen LogP) is 4.55. The molecule has 110 valence electrons. The maximum atomic E-state index is 11.7. The van der Waals surface area contributed by atoms with Crippen LogP contribution in [-0.2, 0) is 4.79 Å². The van der Waals surface area contributed by atoms with Gasteiger partial charge in [0, 0.05) is 0 Å². The van der Waals surface area contributed by atoms with E-state index in [1.165, 1.54) is 6.08 Å². The highest BCUT2D eigenvalue weighted by atomic mass is 16.5. The van der Waals surface area contributed by atoms with E-state index in [-0.39, 0.29) is 5.78 Å². The van der Waals surface area contributed by atoms with Crippen molar-refractivity contribution in [2.24, 2.45) is 0 Å². The van der Waals surface area contributed by atoms with E-state index in [4.69, 9.17) is 4.74 Å². The van der Waals surface area contributed by atoms with Crippen LogP contribution in [0.3, 0.4) is 0 Å². The summed E-state index contributed by atoms with van der Waals surface area (Å²) in [6, 6.07) is 17.5. The van der Waals surface area contributed by atoms with Gasteiger partial charge in [-0.25, -0.2) is 0 Å². The van der Waals surface area contributed by atoms with Gasteiger partial charge in [-0.2, -0.15) is 0 Å². The SMILES string of the molecule is COc1cccc(/C=C/C(=O)/C=C/C=C/c2ccccc2)c1. The molecule has 2 aromatic carbocycles. The minimum Gasteiger partial charge on any atom is -0.497 e. The van der Waals surface area contributed by atoms with Crippen molar-refractivity contribution in [1.82, 2.24) is 0 Å². The molecule has 0 spiro atoms. The summed E-state index contributed by atoms with van der Waals surface area (Å²) in [7, 11) is 1.62. The Kier molecular flexibility index (Phi) is 5.94. The number of benzene rings is 2. The monoisotopic (exact) mass is 290 g/mol. The molecule has 0 fully saturated rings. The van der Waals surface area contributed by atoms with Crippen LogP contribution >= 0.6 is 0 Å². The Hall–Kier alpha value is -2.87. The second kappa shape index (κ2) is 8.42. The molecule has 0 atom stereocenters. The molecule has 0 aliphatic rings. The highest BCUT2D eigenvalue weighted by Crippen LogP contribution is 2.13. The molecule has 0 saturated carbocycles. The van der Waals surface area contributed by atoms with Crippen LogP contribution in [0.5, 0.6) is 5.75 Å². The van der Waals surface area contributed by atoms with Gasteiger partial charge < -0.3 is 4.74 Å². The Morgan fingerprint density at radius 1 is 0.864 bits per heavy atom. The lowest BCUT2D eigenvalue weighted by Crippen LogP contribution is -1.85. The molecule has 0 N–H and O–H groups in total. The molecule has 2 nitrogen and oxygen atoms in total. The summed E-state index contributed by atoms with van der Waals surface area (Å²) in [6.45, 7) is 0. The molecule has 2 rings (SSSR count). The van der Waals surface area contributed by atoms with E-state index in [9.17, 15) is 4.79 Å². The van der Waals surface area contributed by atoms with E-state index < -0.39 is 0 Å². The molecular weight excluding hydrogens is 272 g/mol. The Morgan fingerprint density at radius 3 is 2.41 bits per heavy atom. The average molecular weight is 290 g/mol. The molecular formula is C20H18O2. The lowest BCUT2D eigenvalue weighted by Gasteiger charge is -1.99. The third-order valence-electron chi connectivity index (χ3n) is 2.99. The Labute approximate surface area is 131 Å². The van der Waals surface area contributed by atoms with Crippen molar-refractivity contribution in [2.45, 2.75) is 0 Å². The van der Waals surface area contributed by atoms with Crippen LogP contribution in [0.2, 0.25) is 0 Å². The molecule has 0 bridgehead atoms. The van der Waals surface area contributed by atoms with Gasteiger partial charge in [0.2, 0.25) is 0 Å². The summed E-state index contributed by atoms with van der Waals surface area (Å²) >= 11 is 0. The summed E-state index contributed by atoms with van der Waals surface area (Å²) in [5.41, 5.74) is 2.03. The molecule has 0 unspecified atom stereocenters. The maximum absolute atomic E-state index is 11.7. The minimum atomic E-state index is -0.0551. The first-order valence-electron chi connectivity index (χ1n) is 7.04. The fourth-order valence-electron chi connectivity index (χ4n) is 1.86. The number of methoxy groups -OCH3 is 1. The minimum absolute atomic E-state index is 0.0551. The lowest BCUT2D eigenvalue weighted by atomic mass is 10.2. The largest absolute Gasteiger partial charge is 0.497 e. The van der Waals surface area contributed by atoms with E-state index in [1.54, 1.807) is 25.3 Å². The van der Waals surface area contributed by atoms with Gasteiger partial charge in [0.1, 0.15) is 5.75 Å². The number of hydrogen-bond donors (Lipinski definition) is 0. The standard InChI is InChI=1S/C20H18O2/c1-22-20-13-7-11-18(16-20)14-15-19(21)12-6-5-10-17-8-3-2-4-9-17/h2-16H,1H3/b10-5+,12-6+,15-14+. The van der Waals surface area contributed by atoms with Crippen LogP contribution in [0.4, 0.5) is 0 Å². The molecule has 0 heterocycles. The summed E-state index contributed by atoms with van der Waals surface area (Å²) in [5, 5.41) is 0. The van der Waals surface area contributed by atoms with Gasteiger partial charge in [-0.1, -0.05) is 66.8 Å². The van der Waals surface area contributed by atoms with Gasteiger partial charge in [0.25, 0.3) is 0 Å². The third-order valence-corrected chi connectivity index (χ3v) is 2.99. The Balaban J connectivity index is 1.90. The third kappa shape index (κ3) is 5.25. The molecule has 0 amide bonds. The number of ether oxygens (including phenoxy) is 1. The van der Waals surface area contributed by atoms with Crippen molar-refractivity contribution >= 4 is 17.9 Å². The molecule has 22 heavy (non-hydrogen) atoms. The van der Waals surface area contributed by atoms with Crippen LogP contribution in [0, 0.1) is 0 Å². The van der Waals surface area contributed by atoms with Crippen molar-refractivity contribution in [3.63, 3.8) is 0 Å². The van der Waals surface area contributed by atoms with Gasteiger partial charge in [-0.05, 0) is 35.4 Å². The van der Waals surface area contributed by atoms with Crippen molar-refractivity contribution in [1.29, 1.82) is 0 Å². The first kappa shape index (κ1) is 15.5. The summed E-state index contributed by atoms with van der Waals surface area (Å²) in [5.74, 6) is 0.719. The Bertz CT molecular complexity index is 695. The fourth-order valence-corrected chi connectivity index (χ4v) is 1.86. The first-order valence-corrected chi connectivity index (χ1v) is 7.04. The number of carbonyl (C=O) groups is 1. The zero-order valence-corrected chi connectivity index (χ0v) is 12.5. The highest BCUT2D eigenvalue weighted by molar-refractivity contribution is 6.02. The normalized spacial score (nSPS) is 11.5. The van der Waals surface area contributed by atoms with E-state index in [2.05, 4.69) is 0 Å². The fraction of sp³-hybridized carbons (Fsp3) is 0.0500. The average Bonchev–Trinajstić information content (AvgIpc) is 2.58. The van der Waals surface area contributed by atoms with Gasteiger partial charge in [0.15, 0.2) is 5.78 Å². The second-order valence-electron chi connectivity index (χ2n) is 4.64. The lowest BCUT2D eigenvalue weighted by molar-refractivity contribution is -0.110. The van der Waals surface area contributed by atoms with Crippen LogP contribution < -0.4 is 4.74 Å². The molecule has 0 aliphatic heterocycles. The maximum Gasteiger partial charge on any atom is 0.178 e. The topological polar surface area (TPSA) is 26.3 Å². The number of ketones is 1. The molecule has 0 aliphatic carbocycles. The van der Waals surface area contributed by atoms with Gasteiger partial charge in [-0.15, -0.1) is 0 Å². The van der Waals surface area contributed by atoms with E-state index >= 15 is 0 Å². The molecule has 2 aromatic rings. The molecule has 0 aromatic heterocycles. The van der Waals surface area contributed by atoms with E-state index in [0.717, 1.165) is 16.9 Å². The zero-order chi connectivity index (χ0) is 15.6. The van der Waals surface area contributed by atoms with E-state index in [0.29, 0.717) is 0 Å². The summed E-state index contributed by atoms with van der Waals surface area (Å²) in [4.78, 5) is 11.7. The van der Waals surface area contributed by atoms with Crippen LogP contribution in [0.15, 0.2) is 78.9 Å². The molecule has 0 radical (unpaired) electrons. The quantitative estimate of drug-likeness (QED) is 0.576. The summed E-state index contributed by atoms with van der Waals surface area (Å²) < 4.78 is 5.14. The second-order valence-corrected chi connectivity index (χ2v) is 4.64. The number of carbonyl (C=O) groups excluding carboxylic acids is 1. The predicted molar refractivity (Wildman–Crippen MR) is 91.7 cm³/mol. The Morgan fingerprint density at radius 2 is 1.64 bits per heavy atom. The van der Waals surface area contributed by atoms with Gasteiger partial charge in [0.05, 0.1) is 7.11 Å². The summed E-state index contributed by atoms with van der Waals surface area (Å²) in [6.07, 6.45) is 10.4. The highest BCUT2D eigenvalue weighted by Gasteiger charge is 1.93. The zero-order valence-electron chi connectivity index (χ0n) is 12.5.